The minimum atomic E-state index is -0.0340. The van der Waals surface area contributed by atoms with E-state index in [0.29, 0.717) is 0 Å². The third kappa shape index (κ3) is 5.94. The van der Waals surface area contributed by atoms with Crippen molar-refractivity contribution < 1.29 is 4.18 Å². The van der Waals surface area contributed by atoms with Crippen molar-refractivity contribution >= 4 is 12.0 Å². The van der Waals surface area contributed by atoms with Crippen LogP contribution >= 0.6 is 12.0 Å². The molecule has 0 aromatic heterocycles. The molecule has 0 spiro atoms. The highest BCUT2D eigenvalue weighted by atomic mass is 32.2. The van der Waals surface area contributed by atoms with Crippen molar-refractivity contribution in [3.63, 3.8) is 0 Å². The summed E-state index contributed by atoms with van der Waals surface area (Å²) in [6.07, 6.45) is 8.65. The van der Waals surface area contributed by atoms with Gasteiger partial charge < -0.3 is 4.18 Å². The van der Waals surface area contributed by atoms with Crippen molar-refractivity contribution in [2.24, 2.45) is 0 Å². The first-order valence-electron chi connectivity index (χ1n) is 4.66. The second-order valence-electron chi connectivity index (χ2n) is 3.41. The molecule has 0 saturated heterocycles. The van der Waals surface area contributed by atoms with Crippen LogP contribution in [0.5, 0.6) is 0 Å². The fourth-order valence-electron chi connectivity index (χ4n) is 0.973. The molecule has 0 rings (SSSR count). The first-order chi connectivity index (χ1) is 6.04. The molecule has 0 aromatic carbocycles. The van der Waals surface area contributed by atoms with Crippen LogP contribution in [-0.4, -0.2) is 10.9 Å². The van der Waals surface area contributed by atoms with Gasteiger partial charge in [-0.25, -0.2) is 0 Å². The summed E-state index contributed by atoms with van der Waals surface area (Å²) in [6, 6.07) is 0. The molecule has 0 aliphatic heterocycles. The molecule has 0 bridgehead atoms. The lowest BCUT2D eigenvalue weighted by atomic mass is 10.1. The molecular weight excluding hydrogens is 180 g/mol. The van der Waals surface area contributed by atoms with Gasteiger partial charge in [0, 0.05) is 12.0 Å². The predicted octanol–water partition coefficient (Wildman–Crippen LogP) is 3.97. The van der Waals surface area contributed by atoms with Gasteiger partial charge in [-0.05, 0) is 34.6 Å². The Labute approximate surface area is 86.5 Å². The van der Waals surface area contributed by atoms with E-state index in [9.17, 15) is 0 Å². The summed E-state index contributed by atoms with van der Waals surface area (Å²) in [5.74, 6) is 0. The molecule has 1 nitrogen and oxygen atoms in total. The average molecular weight is 200 g/mol. The van der Waals surface area contributed by atoms with Gasteiger partial charge in [0.25, 0.3) is 0 Å². The van der Waals surface area contributed by atoms with Gasteiger partial charge in [-0.3, -0.25) is 0 Å². The van der Waals surface area contributed by atoms with Crippen LogP contribution in [0.2, 0.25) is 0 Å². The number of allylic oxidation sites excluding steroid dienone is 2. The Bertz CT molecular complexity index is 171. The third-order valence-electron chi connectivity index (χ3n) is 1.42. The van der Waals surface area contributed by atoms with Crippen molar-refractivity contribution in [1.29, 1.82) is 0 Å². The molecule has 13 heavy (non-hydrogen) atoms. The second kappa shape index (κ2) is 6.28. The van der Waals surface area contributed by atoms with Gasteiger partial charge in [0.05, 0.1) is 10.9 Å². The molecule has 0 heterocycles. The minimum Gasteiger partial charge on any atom is -0.311 e. The molecule has 76 valence electrons. The monoisotopic (exact) mass is 200 g/mol. The van der Waals surface area contributed by atoms with Crippen LogP contribution in [0.1, 0.15) is 34.6 Å². The molecule has 0 amide bonds. The van der Waals surface area contributed by atoms with Gasteiger partial charge in [0.15, 0.2) is 0 Å². The predicted molar refractivity (Wildman–Crippen MR) is 61.8 cm³/mol. The Morgan fingerprint density at radius 2 is 1.62 bits per heavy atom. The van der Waals surface area contributed by atoms with Crippen molar-refractivity contribution in [3.8, 4) is 0 Å². The summed E-state index contributed by atoms with van der Waals surface area (Å²) in [5, 5.41) is 0. The molecule has 0 radical (unpaired) electrons. The van der Waals surface area contributed by atoms with E-state index in [1.165, 1.54) is 12.0 Å². The number of hydrogen-bond donors (Lipinski definition) is 0. The second-order valence-corrected chi connectivity index (χ2v) is 4.65. The van der Waals surface area contributed by atoms with Crippen LogP contribution in [0.15, 0.2) is 24.3 Å². The Kier molecular flexibility index (Phi) is 6.17. The van der Waals surface area contributed by atoms with Gasteiger partial charge in [0.2, 0.25) is 0 Å². The SMILES string of the molecule is CC=CC(C)(C=CC)SOC(C)C. The Hall–Kier alpha value is -0.210. The molecule has 0 aliphatic rings. The van der Waals surface area contributed by atoms with Crippen LogP contribution in [0.3, 0.4) is 0 Å². The lowest BCUT2D eigenvalue weighted by Gasteiger charge is -2.21. The molecule has 0 fully saturated rings. The van der Waals surface area contributed by atoms with Crippen molar-refractivity contribution in [3.05, 3.63) is 24.3 Å². The smallest absolute Gasteiger partial charge is 0.0753 e. The first kappa shape index (κ1) is 12.8. The topological polar surface area (TPSA) is 9.23 Å². The van der Waals surface area contributed by atoms with Crippen LogP contribution in [-0.2, 0) is 4.18 Å². The van der Waals surface area contributed by atoms with E-state index in [4.69, 9.17) is 4.18 Å². The zero-order chi connectivity index (χ0) is 10.3. The van der Waals surface area contributed by atoms with Gasteiger partial charge in [-0.2, -0.15) is 0 Å². The number of rotatable bonds is 5. The van der Waals surface area contributed by atoms with E-state index >= 15 is 0 Å². The quantitative estimate of drug-likeness (QED) is 0.490. The summed E-state index contributed by atoms with van der Waals surface area (Å²) in [4.78, 5) is 0. The summed E-state index contributed by atoms with van der Waals surface area (Å²) in [7, 11) is 0. The van der Waals surface area contributed by atoms with Crippen LogP contribution < -0.4 is 0 Å². The van der Waals surface area contributed by atoms with E-state index in [1.807, 2.05) is 27.7 Å². The summed E-state index contributed by atoms with van der Waals surface area (Å²) < 4.78 is 5.49. The van der Waals surface area contributed by atoms with E-state index < -0.39 is 0 Å². The lowest BCUT2D eigenvalue weighted by Crippen LogP contribution is -2.15. The highest BCUT2D eigenvalue weighted by molar-refractivity contribution is 7.96. The third-order valence-corrected chi connectivity index (χ3v) is 2.53. The molecule has 0 unspecified atom stereocenters. The van der Waals surface area contributed by atoms with Gasteiger partial charge in [-0.1, -0.05) is 24.3 Å². The maximum absolute atomic E-state index is 5.53. The number of hydrogen-bond acceptors (Lipinski definition) is 2. The van der Waals surface area contributed by atoms with Gasteiger partial charge >= 0.3 is 0 Å². The van der Waals surface area contributed by atoms with Crippen molar-refractivity contribution in [2.45, 2.75) is 45.5 Å². The van der Waals surface area contributed by atoms with Crippen LogP contribution in [0.4, 0.5) is 0 Å². The Balaban J connectivity index is 4.24. The van der Waals surface area contributed by atoms with Gasteiger partial charge in [0.1, 0.15) is 0 Å². The maximum Gasteiger partial charge on any atom is 0.0753 e. The normalized spacial score (nSPS) is 17.4. The zero-order valence-electron chi connectivity index (χ0n) is 9.20. The van der Waals surface area contributed by atoms with E-state index in [1.54, 1.807) is 0 Å². The molecule has 0 saturated carbocycles. The average Bonchev–Trinajstić information content (AvgIpc) is 2.02. The van der Waals surface area contributed by atoms with Crippen LogP contribution in [0, 0.1) is 0 Å². The fraction of sp³-hybridized carbons (Fsp3) is 0.636. The van der Waals surface area contributed by atoms with Crippen molar-refractivity contribution in [2.75, 3.05) is 0 Å². The Morgan fingerprint density at radius 1 is 1.15 bits per heavy atom. The van der Waals surface area contributed by atoms with E-state index in [2.05, 4.69) is 31.2 Å². The molecular formula is C11H20OS. The summed E-state index contributed by atoms with van der Waals surface area (Å²) >= 11 is 1.51. The highest BCUT2D eigenvalue weighted by Gasteiger charge is 2.18. The van der Waals surface area contributed by atoms with Crippen LogP contribution in [0.25, 0.3) is 0 Å². The van der Waals surface area contributed by atoms with E-state index in [-0.39, 0.29) is 10.9 Å². The molecule has 0 aliphatic carbocycles. The molecule has 2 heteroatoms. The standard InChI is InChI=1S/C11H20OS/c1-6-8-11(5,9-7-2)13-12-10(3)4/h6-10H,1-5H3. The summed E-state index contributed by atoms with van der Waals surface area (Å²) in [6.45, 7) is 10.3. The maximum atomic E-state index is 5.53. The molecule has 0 aromatic rings. The largest absolute Gasteiger partial charge is 0.311 e. The lowest BCUT2D eigenvalue weighted by molar-refractivity contribution is 0.286. The molecule has 0 N–H and O–H groups in total. The Morgan fingerprint density at radius 3 is 1.92 bits per heavy atom. The zero-order valence-corrected chi connectivity index (χ0v) is 10.0. The van der Waals surface area contributed by atoms with Crippen molar-refractivity contribution in [1.82, 2.24) is 0 Å². The minimum absolute atomic E-state index is 0.0340. The summed E-state index contributed by atoms with van der Waals surface area (Å²) in [5.41, 5.74) is 0. The van der Waals surface area contributed by atoms with Gasteiger partial charge in [-0.15, -0.1) is 0 Å². The highest BCUT2D eigenvalue weighted by Crippen LogP contribution is 2.30. The fourth-order valence-corrected chi connectivity index (χ4v) is 1.76. The molecule has 0 atom stereocenters. The first-order valence-corrected chi connectivity index (χ1v) is 5.40. The van der Waals surface area contributed by atoms with E-state index in [0.717, 1.165) is 0 Å².